The molecule has 1 saturated carbocycles. The van der Waals surface area contributed by atoms with Crippen LogP contribution in [0.2, 0.25) is 0 Å². The lowest BCUT2D eigenvalue weighted by Gasteiger charge is -2.39. The molecule has 1 aromatic carbocycles. The average molecular weight is 358 g/mol. The second-order valence-corrected chi connectivity index (χ2v) is 6.61. The van der Waals surface area contributed by atoms with Gasteiger partial charge in [0.25, 0.3) is 5.69 Å². The van der Waals surface area contributed by atoms with Gasteiger partial charge in [0.15, 0.2) is 5.82 Å². The zero-order valence-electron chi connectivity index (χ0n) is 14.0. The Kier molecular flexibility index (Phi) is 4.27. The molecule has 2 heterocycles. The van der Waals surface area contributed by atoms with Crippen molar-refractivity contribution < 1.29 is 19.0 Å². The number of benzene rings is 1. The van der Waals surface area contributed by atoms with E-state index >= 15 is 0 Å². The van der Waals surface area contributed by atoms with Gasteiger partial charge in [-0.05, 0) is 25.0 Å². The Labute approximate surface area is 149 Å². The smallest absolute Gasteiger partial charge is 0.269 e. The Bertz CT molecular complexity index is 809. The predicted octanol–water partition coefficient (Wildman–Crippen LogP) is 2.08. The maximum absolute atomic E-state index is 12.2. The molecule has 1 aliphatic carbocycles. The highest BCUT2D eigenvalue weighted by molar-refractivity contribution is 5.77. The third-order valence-corrected chi connectivity index (χ3v) is 4.53. The molecular weight excluding hydrogens is 340 g/mol. The van der Waals surface area contributed by atoms with Gasteiger partial charge < -0.3 is 14.2 Å². The first kappa shape index (κ1) is 16.5. The summed E-state index contributed by atoms with van der Waals surface area (Å²) in [5.41, 5.74) is 0.0219. The summed E-state index contributed by atoms with van der Waals surface area (Å²) in [5.74, 6) is 2.30. The van der Waals surface area contributed by atoms with Gasteiger partial charge in [0.2, 0.25) is 11.8 Å². The number of carbonyl (C=O) groups excluding carboxylic acids is 1. The van der Waals surface area contributed by atoms with Gasteiger partial charge in [-0.2, -0.15) is 4.98 Å². The molecule has 1 aliphatic heterocycles. The molecular formula is C17H18N4O5. The highest BCUT2D eigenvalue weighted by atomic mass is 16.6. The lowest BCUT2D eigenvalue weighted by Crippen LogP contribution is -2.56. The van der Waals surface area contributed by atoms with E-state index in [4.69, 9.17) is 9.26 Å². The van der Waals surface area contributed by atoms with Crippen molar-refractivity contribution in [2.75, 3.05) is 13.1 Å². The predicted molar refractivity (Wildman–Crippen MR) is 88.7 cm³/mol. The van der Waals surface area contributed by atoms with E-state index in [0.717, 1.165) is 18.7 Å². The molecule has 0 atom stereocenters. The monoisotopic (exact) mass is 358 g/mol. The maximum Gasteiger partial charge on any atom is 0.269 e. The number of carbonyl (C=O) groups is 1. The molecule has 0 unspecified atom stereocenters. The van der Waals surface area contributed by atoms with E-state index in [1.165, 1.54) is 12.1 Å². The number of nitrogens with zero attached hydrogens (tertiary/aromatic N) is 4. The molecule has 1 saturated heterocycles. The van der Waals surface area contributed by atoms with E-state index in [2.05, 4.69) is 10.1 Å². The van der Waals surface area contributed by atoms with Crippen LogP contribution < -0.4 is 4.74 Å². The summed E-state index contributed by atoms with van der Waals surface area (Å²) >= 11 is 0. The van der Waals surface area contributed by atoms with E-state index in [0.29, 0.717) is 43.5 Å². The molecule has 0 radical (unpaired) electrons. The van der Waals surface area contributed by atoms with Crippen LogP contribution in [0, 0.1) is 10.1 Å². The highest BCUT2D eigenvalue weighted by Gasteiger charge is 2.32. The topological polar surface area (TPSA) is 112 Å². The molecule has 9 heteroatoms. The lowest BCUT2D eigenvalue weighted by atomic mass is 10.1. The molecule has 2 aliphatic rings. The number of likely N-dealkylation sites (tertiary alicyclic amines) is 1. The summed E-state index contributed by atoms with van der Waals surface area (Å²) in [7, 11) is 0. The van der Waals surface area contributed by atoms with Crippen LogP contribution in [0.3, 0.4) is 0 Å². The fourth-order valence-corrected chi connectivity index (χ4v) is 2.80. The summed E-state index contributed by atoms with van der Waals surface area (Å²) in [6, 6.07) is 5.93. The van der Waals surface area contributed by atoms with E-state index < -0.39 is 4.92 Å². The molecule has 1 aromatic heterocycles. The van der Waals surface area contributed by atoms with Crippen molar-refractivity contribution in [1.29, 1.82) is 0 Å². The van der Waals surface area contributed by atoms with E-state index in [1.807, 2.05) is 0 Å². The van der Waals surface area contributed by atoms with Gasteiger partial charge >= 0.3 is 0 Å². The van der Waals surface area contributed by atoms with Gasteiger partial charge in [-0.25, -0.2) is 0 Å². The molecule has 1 amide bonds. The highest BCUT2D eigenvalue weighted by Crippen LogP contribution is 2.38. The number of ether oxygens (including phenoxy) is 1. The van der Waals surface area contributed by atoms with Crippen molar-refractivity contribution in [1.82, 2.24) is 15.0 Å². The molecule has 136 valence electrons. The van der Waals surface area contributed by atoms with Crippen molar-refractivity contribution in [3.05, 3.63) is 46.1 Å². The zero-order chi connectivity index (χ0) is 18.1. The van der Waals surface area contributed by atoms with Gasteiger partial charge in [-0.3, -0.25) is 14.9 Å². The van der Waals surface area contributed by atoms with Crippen LogP contribution in [0.1, 0.15) is 36.9 Å². The molecule has 2 fully saturated rings. The number of nitro benzene ring substituents is 1. The Morgan fingerprint density at radius 2 is 2.04 bits per heavy atom. The van der Waals surface area contributed by atoms with Gasteiger partial charge in [-0.15, -0.1) is 0 Å². The molecule has 26 heavy (non-hydrogen) atoms. The Balaban J connectivity index is 1.19. The summed E-state index contributed by atoms with van der Waals surface area (Å²) in [5, 5.41) is 14.6. The number of aromatic nitrogens is 2. The van der Waals surface area contributed by atoms with E-state index in [-0.39, 0.29) is 17.7 Å². The summed E-state index contributed by atoms with van der Waals surface area (Å²) < 4.78 is 10.9. The van der Waals surface area contributed by atoms with Crippen LogP contribution in [-0.2, 0) is 11.2 Å². The number of hydrogen-bond donors (Lipinski definition) is 0. The van der Waals surface area contributed by atoms with Crippen LogP contribution in [0.5, 0.6) is 5.75 Å². The van der Waals surface area contributed by atoms with Gasteiger partial charge in [0.1, 0.15) is 11.9 Å². The van der Waals surface area contributed by atoms with Crippen molar-refractivity contribution in [2.24, 2.45) is 0 Å². The van der Waals surface area contributed by atoms with Crippen molar-refractivity contribution in [2.45, 2.75) is 37.7 Å². The first-order valence-corrected chi connectivity index (χ1v) is 8.60. The number of hydrogen-bond acceptors (Lipinski definition) is 7. The van der Waals surface area contributed by atoms with Gasteiger partial charge in [0, 0.05) is 30.9 Å². The minimum atomic E-state index is -0.454. The number of nitro groups is 1. The summed E-state index contributed by atoms with van der Waals surface area (Å²) in [6.45, 7) is 1.01. The van der Waals surface area contributed by atoms with Crippen LogP contribution in [0.4, 0.5) is 5.69 Å². The minimum absolute atomic E-state index is 0.0219. The van der Waals surface area contributed by atoms with Crippen molar-refractivity contribution >= 4 is 11.6 Å². The van der Waals surface area contributed by atoms with Crippen molar-refractivity contribution in [3.63, 3.8) is 0 Å². The largest absolute Gasteiger partial charge is 0.487 e. The standard InChI is InChI=1S/C17H18N4O5/c22-16(8-7-15-18-17(19-26-15)11-1-2-11)20-9-14(10-20)25-13-5-3-12(4-6-13)21(23)24/h3-6,11,14H,1-2,7-10H2. The molecule has 2 aromatic rings. The van der Waals surface area contributed by atoms with Crippen molar-refractivity contribution in [3.8, 4) is 5.75 Å². The molecule has 0 bridgehead atoms. The third kappa shape index (κ3) is 3.66. The fourth-order valence-electron chi connectivity index (χ4n) is 2.80. The molecule has 0 spiro atoms. The normalized spacial score (nSPS) is 17.0. The fraction of sp³-hybridized carbons (Fsp3) is 0.471. The van der Waals surface area contributed by atoms with Crippen LogP contribution in [-0.4, -0.2) is 45.1 Å². The van der Waals surface area contributed by atoms with Crippen LogP contribution in [0.25, 0.3) is 0 Å². The zero-order valence-corrected chi connectivity index (χ0v) is 14.0. The minimum Gasteiger partial charge on any atom is -0.487 e. The Hall–Kier alpha value is -2.97. The second-order valence-electron chi connectivity index (χ2n) is 6.61. The lowest BCUT2D eigenvalue weighted by molar-refractivity contribution is -0.384. The maximum atomic E-state index is 12.2. The Morgan fingerprint density at radius 3 is 2.69 bits per heavy atom. The van der Waals surface area contributed by atoms with Gasteiger partial charge in [0.05, 0.1) is 18.0 Å². The quantitative estimate of drug-likeness (QED) is 0.550. The average Bonchev–Trinajstić information content (AvgIpc) is 3.34. The summed E-state index contributed by atoms with van der Waals surface area (Å²) in [4.78, 5) is 28.4. The Morgan fingerprint density at radius 1 is 1.31 bits per heavy atom. The number of non-ortho nitro benzene ring substituents is 1. The first-order chi connectivity index (χ1) is 12.6. The first-order valence-electron chi connectivity index (χ1n) is 8.60. The van der Waals surface area contributed by atoms with E-state index in [1.54, 1.807) is 17.0 Å². The SMILES string of the molecule is O=C(CCc1nc(C2CC2)no1)N1CC(Oc2ccc([N+](=O)[O-])cc2)C1. The van der Waals surface area contributed by atoms with E-state index in [9.17, 15) is 14.9 Å². The van der Waals surface area contributed by atoms with Crippen LogP contribution >= 0.6 is 0 Å². The number of rotatable bonds is 7. The molecule has 9 nitrogen and oxygen atoms in total. The molecule has 4 rings (SSSR count). The summed E-state index contributed by atoms with van der Waals surface area (Å²) in [6.07, 6.45) is 2.91. The third-order valence-electron chi connectivity index (χ3n) is 4.53. The molecule has 0 N–H and O–H groups in total. The van der Waals surface area contributed by atoms with Gasteiger partial charge in [-0.1, -0.05) is 5.16 Å². The number of amides is 1. The second kappa shape index (κ2) is 6.74. The van der Waals surface area contributed by atoms with Crippen LogP contribution in [0.15, 0.2) is 28.8 Å². The number of aryl methyl sites for hydroxylation is 1.